The van der Waals surface area contributed by atoms with Crippen molar-refractivity contribution in [2.45, 2.75) is 39.7 Å². The molecular weight excluding hydrogens is 409 g/mol. The molecule has 0 unspecified atom stereocenters. The minimum absolute atomic E-state index is 0. The van der Waals surface area contributed by atoms with Crippen LogP contribution in [0.5, 0.6) is 0 Å². The first-order chi connectivity index (χ1) is 10.1. The summed E-state index contributed by atoms with van der Waals surface area (Å²) >= 11 is 1.80. The largest absolute Gasteiger partial charge is 0.356 e. The summed E-state index contributed by atoms with van der Waals surface area (Å²) in [7, 11) is 3.94. The van der Waals surface area contributed by atoms with Gasteiger partial charge in [-0.2, -0.15) is 0 Å². The first kappa shape index (κ1) is 21.6. The van der Waals surface area contributed by atoms with Crippen LogP contribution in [0.25, 0.3) is 0 Å². The summed E-state index contributed by atoms with van der Waals surface area (Å²) in [6.45, 7) is 9.32. The van der Waals surface area contributed by atoms with Crippen molar-refractivity contribution in [3.05, 3.63) is 16.1 Å². The van der Waals surface area contributed by atoms with Crippen LogP contribution in [0.1, 0.15) is 30.7 Å². The Bertz CT molecular complexity index is 433. The maximum Gasteiger partial charge on any atom is 0.191 e. The van der Waals surface area contributed by atoms with Crippen molar-refractivity contribution in [3.63, 3.8) is 0 Å². The summed E-state index contributed by atoms with van der Waals surface area (Å²) in [5.74, 6) is 0.861. The summed E-state index contributed by atoms with van der Waals surface area (Å²) in [4.78, 5) is 12.3. The van der Waals surface area contributed by atoms with Crippen LogP contribution in [0, 0.1) is 0 Å². The average Bonchev–Trinajstić information content (AvgIpc) is 2.93. The molecule has 1 rings (SSSR count). The number of thiazole rings is 1. The van der Waals surface area contributed by atoms with Crippen molar-refractivity contribution in [1.82, 2.24) is 20.5 Å². The van der Waals surface area contributed by atoms with Crippen LogP contribution in [0.4, 0.5) is 0 Å². The van der Waals surface area contributed by atoms with Crippen molar-refractivity contribution in [1.29, 1.82) is 0 Å². The highest BCUT2D eigenvalue weighted by molar-refractivity contribution is 14.0. The van der Waals surface area contributed by atoms with Gasteiger partial charge in [0.25, 0.3) is 0 Å². The molecule has 0 aliphatic carbocycles. The number of rotatable bonds is 8. The van der Waals surface area contributed by atoms with Gasteiger partial charge in [0.2, 0.25) is 0 Å². The number of nitrogens with zero attached hydrogens (tertiary/aromatic N) is 3. The van der Waals surface area contributed by atoms with Crippen molar-refractivity contribution in [2.24, 2.45) is 4.99 Å². The summed E-state index contributed by atoms with van der Waals surface area (Å²) in [5, 5.41) is 7.86. The zero-order chi connectivity index (χ0) is 15.7. The normalized spacial score (nSPS) is 11.7. The lowest BCUT2D eigenvalue weighted by atomic mass is 10.3. The third-order valence-electron chi connectivity index (χ3n) is 3.44. The first-order valence-electron chi connectivity index (χ1n) is 7.65. The number of aryl methyl sites for hydroxylation is 1. The van der Waals surface area contributed by atoms with Crippen molar-refractivity contribution in [2.75, 3.05) is 33.7 Å². The van der Waals surface area contributed by atoms with E-state index in [-0.39, 0.29) is 24.0 Å². The maximum atomic E-state index is 4.43. The Balaban J connectivity index is 0.00000441. The summed E-state index contributed by atoms with van der Waals surface area (Å²) in [6.07, 6.45) is 3.99. The van der Waals surface area contributed by atoms with Crippen LogP contribution < -0.4 is 10.6 Å². The highest BCUT2D eigenvalue weighted by Gasteiger charge is 2.04. The molecule has 7 heteroatoms. The van der Waals surface area contributed by atoms with Crippen LogP contribution in [0.2, 0.25) is 0 Å². The molecule has 0 bridgehead atoms. The van der Waals surface area contributed by atoms with Crippen LogP contribution >= 0.6 is 35.3 Å². The van der Waals surface area contributed by atoms with Gasteiger partial charge in [0.15, 0.2) is 5.96 Å². The molecule has 0 aromatic carbocycles. The number of aliphatic imine (C=N–C) groups is 1. The van der Waals surface area contributed by atoms with Crippen LogP contribution in [0.15, 0.2) is 11.2 Å². The number of hydrogen-bond acceptors (Lipinski definition) is 4. The number of hydrogen-bond donors (Lipinski definition) is 2. The minimum Gasteiger partial charge on any atom is -0.356 e. The van der Waals surface area contributed by atoms with E-state index in [1.165, 1.54) is 9.88 Å². The van der Waals surface area contributed by atoms with E-state index >= 15 is 0 Å². The number of guanidine groups is 1. The van der Waals surface area contributed by atoms with Gasteiger partial charge in [-0.1, -0.05) is 6.92 Å². The van der Waals surface area contributed by atoms with Gasteiger partial charge in [0.05, 0.1) is 5.01 Å². The fraction of sp³-hybridized carbons (Fsp3) is 0.733. The van der Waals surface area contributed by atoms with Gasteiger partial charge in [-0.25, -0.2) is 4.98 Å². The molecule has 5 nitrogen and oxygen atoms in total. The lowest BCUT2D eigenvalue weighted by Gasteiger charge is -2.21. The van der Waals surface area contributed by atoms with Gasteiger partial charge in [-0.05, 0) is 27.3 Å². The van der Waals surface area contributed by atoms with E-state index in [1.807, 2.05) is 6.20 Å². The smallest absolute Gasteiger partial charge is 0.191 e. The van der Waals surface area contributed by atoms with Gasteiger partial charge in [0.1, 0.15) is 0 Å². The van der Waals surface area contributed by atoms with Gasteiger partial charge in [0, 0.05) is 50.2 Å². The Labute approximate surface area is 156 Å². The topological polar surface area (TPSA) is 52.6 Å². The highest BCUT2D eigenvalue weighted by atomic mass is 127. The molecule has 0 saturated carbocycles. The van der Waals surface area contributed by atoms with Crippen LogP contribution in [-0.2, 0) is 12.8 Å². The van der Waals surface area contributed by atoms with Gasteiger partial charge < -0.3 is 15.5 Å². The Morgan fingerprint density at radius 3 is 2.59 bits per heavy atom. The van der Waals surface area contributed by atoms with Gasteiger partial charge >= 0.3 is 0 Å². The molecule has 0 aliphatic rings. The van der Waals surface area contributed by atoms with Crippen LogP contribution in [0.3, 0.4) is 0 Å². The highest BCUT2D eigenvalue weighted by Crippen LogP contribution is 2.13. The lowest BCUT2D eigenvalue weighted by molar-refractivity contribution is 0.278. The van der Waals surface area contributed by atoms with E-state index in [4.69, 9.17) is 0 Å². The van der Waals surface area contributed by atoms with E-state index in [9.17, 15) is 0 Å². The third kappa shape index (κ3) is 8.28. The lowest BCUT2D eigenvalue weighted by Crippen LogP contribution is -2.42. The summed E-state index contributed by atoms with van der Waals surface area (Å²) in [6, 6.07) is 0.569. The quantitative estimate of drug-likeness (QED) is 0.371. The predicted molar refractivity (Wildman–Crippen MR) is 108 cm³/mol. The monoisotopic (exact) mass is 439 g/mol. The first-order valence-corrected chi connectivity index (χ1v) is 8.46. The molecule has 0 amide bonds. The number of likely N-dealkylation sites (N-methyl/N-ethyl adjacent to an activating group) is 1. The second-order valence-electron chi connectivity index (χ2n) is 5.32. The van der Waals surface area contributed by atoms with E-state index in [1.54, 1.807) is 18.4 Å². The molecule has 1 aromatic rings. The van der Waals surface area contributed by atoms with Gasteiger partial charge in [-0.3, -0.25) is 4.99 Å². The molecule has 0 spiro atoms. The second kappa shape index (κ2) is 12.1. The Kier molecular flexibility index (Phi) is 11.8. The molecule has 0 radical (unpaired) electrons. The number of nitrogens with one attached hydrogen (secondary N) is 2. The molecular formula is C15H30IN5S. The van der Waals surface area contributed by atoms with Crippen molar-refractivity contribution < 1.29 is 0 Å². The standard InChI is InChI=1S/C15H29N5S.HI/c1-6-13-11-19-14(21-13)7-8-17-15(16-4)18-9-10-20(5)12(2)3;/h11-12H,6-10H2,1-5H3,(H2,16,17,18);1H. The molecule has 0 aliphatic heterocycles. The Morgan fingerprint density at radius 2 is 2.05 bits per heavy atom. The Morgan fingerprint density at radius 1 is 1.36 bits per heavy atom. The minimum atomic E-state index is 0. The zero-order valence-electron chi connectivity index (χ0n) is 14.3. The predicted octanol–water partition coefficient (Wildman–Crippen LogP) is 2.37. The summed E-state index contributed by atoms with van der Waals surface area (Å²) in [5.41, 5.74) is 0. The van der Waals surface area contributed by atoms with E-state index in [2.05, 4.69) is 53.3 Å². The molecule has 22 heavy (non-hydrogen) atoms. The maximum absolute atomic E-state index is 4.43. The van der Waals surface area contributed by atoms with Crippen molar-refractivity contribution in [3.8, 4) is 0 Å². The number of aromatic nitrogens is 1. The second-order valence-corrected chi connectivity index (χ2v) is 6.52. The molecule has 0 atom stereocenters. The number of halogens is 1. The zero-order valence-corrected chi connectivity index (χ0v) is 17.5. The van der Waals surface area contributed by atoms with E-state index in [0.717, 1.165) is 38.4 Å². The molecule has 2 N–H and O–H groups in total. The fourth-order valence-electron chi connectivity index (χ4n) is 1.74. The van der Waals surface area contributed by atoms with E-state index < -0.39 is 0 Å². The Hall–Kier alpha value is -0.410. The van der Waals surface area contributed by atoms with Crippen LogP contribution in [-0.4, -0.2) is 55.6 Å². The average molecular weight is 439 g/mol. The summed E-state index contributed by atoms with van der Waals surface area (Å²) < 4.78 is 0. The van der Waals surface area contributed by atoms with E-state index in [0.29, 0.717) is 6.04 Å². The SMILES string of the molecule is CCc1cnc(CCNC(=NC)NCCN(C)C(C)C)s1.I. The molecule has 0 saturated heterocycles. The molecule has 1 heterocycles. The molecule has 128 valence electrons. The molecule has 0 fully saturated rings. The van der Waals surface area contributed by atoms with Gasteiger partial charge in [-0.15, -0.1) is 35.3 Å². The van der Waals surface area contributed by atoms with Crippen molar-refractivity contribution >= 4 is 41.3 Å². The third-order valence-corrected chi connectivity index (χ3v) is 4.64. The fourth-order valence-corrected chi connectivity index (χ4v) is 2.61. The molecule has 1 aromatic heterocycles.